The fraction of sp³-hybridized carbons (Fsp3) is 0.152. The van der Waals surface area contributed by atoms with E-state index in [2.05, 4.69) is 5.32 Å². The standard InChI is InChI=1S/C33H31NO4S.Li.H/c1-23-10-6-8-14-27(23)29-22-24(17-19-28(29)32(35)34-30(33(36)37)20-21-39-2)16-18-25-11-7-9-15-31(25)38-26-12-4-3-5-13-26;;/h3-19,22,30H,20-21H2,1-2H3,(H,34,35)(H,36,37);;/t30-;;/m0../s1. The van der Waals surface area contributed by atoms with Gasteiger partial charge in [-0.05, 0) is 77.9 Å². The van der Waals surface area contributed by atoms with E-state index in [1.54, 1.807) is 17.8 Å². The summed E-state index contributed by atoms with van der Waals surface area (Å²) in [6.07, 6.45) is 6.23. The van der Waals surface area contributed by atoms with Crippen molar-refractivity contribution < 1.29 is 19.4 Å². The Hall–Kier alpha value is -3.69. The van der Waals surface area contributed by atoms with Gasteiger partial charge in [-0.25, -0.2) is 4.79 Å². The predicted molar refractivity (Wildman–Crippen MR) is 168 cm³/mol. The fourth-order valence-corrected chi connectivity index (χ4v) is 4.67. The van der Waals surface area contributed by atoms with Crippen molar-refractivity contribution in [2.24, 2.45) is 0 Å². The van der Waals surface area contributed by atoms with E-state index < -0.39 is 17.9 Å². The van der Waals surface area contributed by atoms with E-state index in [-0.39, 0.29) is 18.9 Å². The van der Waals surface area contributed by atoms with E-state index in [4.69, 9.17) is 4.74 Å². The number of carbonyl (C=O) groups excluding carboxylic acids is 1. The summed E-state index contributed by atoms with van der Waals surface area (Å²) in [4.78, 5) is 25.1. The van der Waals surface area contributed by atoms with Crippen molar-refractivity contribution in [3.63, 3.8) is 0 Å². The zero-order valence-electron chi connectivity index (χ0n) is 22.0. The molecule has 1 amide bonds. The van der Waals surface area contributed by atoms with Crippen LogP contribution in [0.4, 0.5) is 0 Å². The number of aryl methyl sites for hydroxylation is 1. The molecule has 5 nitrogen and oxygen atoms in total. The van der Waals surface area contributed by atoms with Gasteiger partial charge < -0.3 is 15.2 Å². The molecule has 4 aromatic carbocycles. The Morgan fingerprint density at radius 1 is 0.900 bits per heavy atom. The van der Waals surface area contributed by atoms with Gasteiger partial charge in [0.05, 0.1) is 0 Å². The topological polar surface area (TPSA) is 75.6 Å². The summed E-state index contributed by atoms with van der Waals surface area (Å²) in [5.74, 6) is 0.693. The number of nitrogens with one attached hydrogen (secondary N) is 1. The van der Waals surface area contributed by atoms with Crippen LogP contribution in [0.3, 0.4) is 0 Å². The molecule has 0 bridgehead atoms. The number of carboxylic acid groups (broad SMARTS) is 1. The molecule has 2 N–H and O–H groups in total. The minimum absolute atomic E-state index is 0. The quantitative estimate of drug-likeness (QED) is 0.158. The molecule has 4 aromatic rings. The van der Waals surface area contributed by atoms with E-state index in [0.717, 1.165) is 39.3 Å². The maximum atomic E-state index is 13.3. The summed E-state index contributed by atoms with van der Waals surface area (Å²) in [7, 11) is 0. The van der Waals surface area contributed by atoms with Gasteiger partial charge in [-0.1, -0.05) is 78.9 Å². The normalized spacial score (nSPS) is 11.4. The van der Waals surface area contributed by atoms with Gasteiger partial charge in [-0.3, -0.25) is 4.79 Å². The zero-order valence-corrected chi connectivity index (χ0v) is 22.8. The second-order valence-electron chi connectivity index (χ2n) is 9.05. The Kier molecular flexibility index (Phi) is 11.7. The average Bonchev–Trinajstić information content (AvgIpc) is 2.95. The molecule has 0 aliphatic carbocycles. The monoisotopic (exact) mass is 545 g/mol. The van der Waals surface area contributed by atoms with Crippen molar-refractivity contribution in [2.45, 2.75) is 19.4 Å². The van der Waals surface area contributed by atoms with E-state index in [1.165, 1.54) is 0 Å². The maximum absolute atomic E-state index is 13.3. The van der Waals surface area contributed by atoms with Gasteiger partial charge in [0, 0.05) is 11.1 Å². The van der Waals surface area contributed by atoms with Crippen LogP contribution in [-0.4, -0.2) is 53.9 Å². The molecule has 4 rings (SSSR count). The Morgan fingerprint density at radius 2 is 1.60 bits per heavy atom. The number of thioether (sulfide) groups is 1. The second kappa shape index (κ2) is 15.2. The van der Waals surface area contributed by atoms with Crippen LogP contribution in [0.5, 0.6) is 11.5 Å². The third-order valence-electron chi connectivity index (χ3n) is 6.28. The fourth-order valence-electron chi connectivity index (χ4n) is 4.20. The number of hydrogen-bond donors (Lipinski definition) is 2. The summed E-state index contributed by atoms with van der Waals surface area (Å²) in [5.41, 5.74) is 4.93. The van der Waals surface area contributed by atoms with Crippen LogP contribution in [0.2, 0.25) is 0 Å². The molecular formula is C33H32LiNO4S. The zero-order chi connectivity index (χ0) is 27.6. The van der Waals surface area contributed by atoms with Crippen molar-refractivity contribution >= 4 is 54.7 Å². The Labute approximate surface area is 251 Å². The van der Waals surface area contributed by atoms with Crippen LogP contribution in [0.15, 0.2) is 97.1 Å². The minimum atomic E-state index is -1.04. The van der Waals surface area contributed by atoms with Crippen molar-refractivity contribution in [1.82, 2.24) is 5.32 Å². The van der Waals surface area contributed by atoms with Crippen LogP contribution in [0, 0.1) is 6.92 Å². The predicted octanol–water partition coefficient (Wildman–Crippen LogP) is 6.91. The SMILES string of the molecule is CSCC[C@H](NC(=O)c1ccc(C=Cc2ccccc2Oc2ccccc2)cc1-c1ccccc1C)C(=O)O.[LiH]. The number of rotatable bonds is 11. The Morgan fingerprint density at radius 3 is 2.33 bits per heavy atom. The number of carbonyl (C=O) groups is 2. The first-order chi connectivity index (χ1) is 19.0. The first kappa shape index (κ1) is 30.8. The van der Waals surface area contributed by atoms with Gasteiger partial charge in [0.1, 0.15) is 17.5 Å². The van der Waals surface area contributed by atoms with Crippen molar-refractivity contribution in [3.05, 3.63) is 119 Å². The van der Waals surface area contributed by atoms with Crippen LogP contribution in [-0.2, 0) is 4.79 Å². The average molecular weight is 546 g/mol. The Balaban J connectivity index is 0.00000441. The number of amides is 1. The van der Waals surface area contributed by atoms with Crippen molar-refractivity contribution in [2.75, 3.05) is 12.0 Å². The molecule has 0 aliphatic rings. The van der Waals surface area contributed by atoms with E-state index >= 15 is 0 Å². The molecule has 0 saturated heterocycles. The second-order valence-corrected chi connectivity index (χ2v) is 10.0. The summed E-state index contributed by atoms with van der Waals surface area (Å²) < 4.78 is 6.09. The first-order valence-electron chi connectivity index (χ1n) is 12.7. The van der Waals surface area contributed by atoms with Gasteiger partial charge in [-0.15, -0.1) is 0 Å². The summed E-state index contributed by atoms with van der Waals surface area (Å²) in [6, 6.07) is 29.9. The summed E-state index contributed by atoms with van der Waals surface area (Å²) in [5, 5.41) is 12.3. The van der Waals surface area contributed by atoms with Crippen LogP contribution in [0.1, 0.15) is 33.5 Å². The molecule has 0 aromatic heterocycles. The molecule has 0 spiro atoms. The molecular weight excluding hydrogens is 513 g/mol. The van der Waals surface area contributed by atoms with Crippen molar-refractivity contribution in [1.29, 1.82) is 0 Å². The molecule has 200 valence electrons. The molecule has 0 saturated carbocycles. The molecule has 7 heteroatoms. The molecule has 0 aliphatic heterocycles. The van der Waals surface area contributed by atoms with Gasteiger partial charge in [0.25, 0.3) is 5.91 Å². The molecule has 40 heavy (non-hydrogen) atoms. The molecule has 0 unspecified atom stereocenters. The Bertz CT molecular complexity index is 1470. The third kappa shape index (κ3) is 8.16. The number of ether oxygens (including phenoxy) is 1. The van der Waals surface area contributed by atoms with Gasteiger partial charge in [-0.2, -0.15) is 11.8 Å². The number of hydrogen-bond acceptors (Lipinski definition) is 4. The van der Waals surface area contributed by atoms with E-state index in [0.29, 0.717) is 17.7 Å². The number of aliphatic carboxylic acids is 1. The van der Waals surface area contributed by atoms with E-state index in [1.807, 2.05) is 116 Å². The van der Waals surface area contributed by atoms with Gasteiger partial charge in [0.15, 0.2) is 0 Å². The first-order valence-corrected chi connectivity index (χ1v) is 14.1. The molecule has 0 fully saturated rings. The van der Waals surface area contributed by atoms with Gasteiger partial charge >= 0.3 is 24.8 Å². The van der Waals surface area contributed by atoms with Crippen LogP contribution in [0.25, 0.3) is 23.3 Å². The summed E-state index contributed by atoms with van der Waals surface area (Å²) >= 11 is 1.55. The molecule has 0 heterocycles. The van der Waals surface area contributed by atoms with E-state index in [9.17, 15) is 14.7 Å². The molecule has 0 radical (unpaired) electrons. The number of benzene rings is 4. The number of carboxylic acids is 1. The third-order valence-corrected chi connectivity index (χ3v) is 6.93. The molecule has 1 atom stereocenters. The van der Waals surface area contributed by atoms with Crippen LogP contribution >= 0.6 is 11.8 Å². The van der Waals surface area contributed by atoms with Gasteiger partial charge in [0.2, 0.25) is 0 Å². The summed E-state index contributed by atoms with van der Waals surface area (Å²) in [6.45, 7) is 2.00. The van der Waals surface area contributed by atoms with Crippen molar-refractivity contribution in [3.8, 4) is 22.6 Å². The number of para-hydroxylation sites is 2. The van der Waals surface area contributed by atoms with Crippen LogP contribution < -0.4 is 10.1 Å².